The second kappa shape index (κ2) is 5.96. The maximum absolute atomic E-state index is 5.69. The SMILES string of the molecule is CCC(OI)C(C)(C)n1nc(N2CCC2)c2cnc(C)cc21. The summed E-state index contributed by atoms with van der Waals surface area (Å²) < 4.78 is 7.82. The first kappa shape index (κ1) is 16.0. The van der Waals surface area contributed by atoms with E-state index in [9.17, 15) is 0 Å². The second-order valence-corrected chi connectivity index (χ2v) is 7.07. The predicted molar refractivity (Wildman–Crippen MR) is 97.6 cm³/mol. The van der Waals surface area contributed by atoms with E-state index >= 15 is 0 Å². The Labute approximate surface area is 145 Å². The van der Waals surface area contributed by atoms with Crippen LogP contribution in [0, 0.1) is 6.92 Å². The van der Waals surface area contributed by atoms with Crippen LogP contribution in [0.2, 0.25) is 0 Å². The zero-order valence-corrected chi connectivity index (χ0v) is 15.8. The first-order valence-corrected chi connectivity index (χ1v) is 8.75. The van der Waals surface area contributed by atoms with E-state index in [-0.39, 0.29) is 11.6 Å². The van der Waals surface area contributed by atoms with Crippen molar-refractivity contribution in [2.45, 2.75) is 52.2 Å². The van der Waals surface area contributed by atoms with E-state index in [2.05, 4.69) is 41.4 Å². The highest BCUT2D eigenvalue weighted by Gasteiger charge is 2.35. The Balaban J connectivity index is 2.18. The van der Waals surface area contributed by atoms with Gasteiger partial charge in [-0.2, -0.15) is 5.10 Å². The minimum atomic E-state index is -0.217. The van der Waals surface area contributed by atoms with Crippen LogP contribution in [0.1, 0.15) is 39.3 Å². The van der Waals surface area contributed by atoms with Gasteiger partial charge in [0.15, 0.2) is 5.82 Å². The Morgan fingerprint density at radius 3 is 2.68 bits per heavy atom. The Morgan fingerprint density at radius 2 is 2.14 bits per heavy atom. The van der Waals surface area contributed by atoms with E-state index in [4.69, 9.17) is 8.16 Å². The van der Waals surface area contributed by atoms with Crippen molar-refractivity contribution >= 4 is 39.7 Å². The van der Waals surface area contributed by atoms with E-state index in [1.165, 1.54) is 6.42 Å². The minimum Gasteiger partial charge on any atom is -0.354 e. The summed E-state index contributed by atoms with van der Waals surface area (Å²) in [6.07, 6.45) is 4.25. The van der Waals surface area contributed by atoms with Crippen LogP contribution in [0.5, 0.6) is 0 Å². The lowest BCUT2D eigenvalue weighted by molar-refractivity contribution is 0.111. The molecule has 0 spiro atoms. The number of hydrogen-bond donors (Lipinski definition) is 0. The number of hydrogen-bond acceptors (Lipinski definition) is 4. The molecular weight excluding hydrogens is 391 g/mol. The third-order valence-electron chi connectivity index (χ3n) is 4.65. The molecule has 1 aliphatic rings. The van der Waals surface area contributed by atoms with Crippen molar-refractivity contribution in [3.63, 3.8) is 0 Å². The fourth-order valence-corrected chi connectivity index (χ4v) is 4.09. The van der Waals surface area contributed by atoms with E-state index < -0.39 is 0 Å². The summed E-state index contributed by atoms with van der Waals surface area (Å²) in [6, 6.07) is 2.13. The molecular formula is C16H23IN4O. The van der Waals surface area contributed by atoms with E-state index in [1.807, 2.05) is 36.1 Å². The fourth-order valence-electron chi connectivity index (χ4n) is 3.10. The number of aromatic nitrogens is 3. The molecule has 3 rings (SSSR count). The molecule has 1 aliphatic heterocycles. The fraction of sp³-hybridized carbons (Fsp3) is 0.625. The molecule has 120 valence electrons. The monoisotopic (exact) mass is 414 g/mol. The number of fused-ring (bicyclic) bond motifs is 1. The van der Waals surface area contributed by atoms with Gasteiger partial charge in [-0.15, -0.1) is 0 Å². The van der Waals surface area contributed by atoms with Crippen molar-refractivity contribution in [2.75, 3.05) is 18.0 Å². The lowest BCUT2D eigenvalue weighted by Gasteiger charge is -2.33. The van der Waals surface area contributed by atoms with Crippen LogP contribution in [0.15, 0.2) is 12.3 Å². The molecule has 5 nitrogen and oxygen atoms in total. The predicted octanol–water partition coefficient (Wildman–Crippen LogP) is 3.83. The van der Waals surface area contributed by atoms with Gasteiger partial charge in [0.2, 0.25) is 0 Å². The molecule has 0 aromatic carbocycles. The molecule has 1 fully saturated rings. The van der Waals surface area contributed by atoms with Gasteiger partial charge in [0.1, 0.15) is 23.0 Å². The number of aryl methyl sites for hydroxylation is 1. The van der Waals surface area contributed by atoms with Crippen LogP contribution < -0.4 is 4.90 Å². The minimum absolute atomic E-state index is 0.105. The Morgan fingerprint density at radius 1 is 1.41 bits per heavy atom. The summed E-state index contributed by atoms with van der Waals surface area (Å²) >= 11 is 2.01. The van der Waals surface area contributed by atoms with Crippen LogP contribution >= 0.6 is 23.0 Å². The average Bonchev–Trinajstić information content (AvgIpc) is 2.77. The third-order valence-corrected chi connectivity index (χ3v) is 5.26. The summed E-state index contributed by atoms with van der Waals surface area (Å²) in [4.78, 5) is 6.81. The van der Waals surface area contributed by atoms with Gasteiger partial charge in [0, 0.05) is 25.0 Å². The van der Waals surface area contributed by atoms with Gasteiger partial charge in [-0.1, -0.05) is 6.92 Å². The summed E-state index contributed by atoms with van der Waals surface area (Å²) in [5, 5.41) is 6.10. The normalized spacial score (nSPS) is 16.9. The van der Waals surface area contributed by atoms with E-state index in [0.29, 0.717) is 0 Å². The highest BCUT2D eigenvalue weighted by atomic mass is 127. The largest absolute Gasteiger partial charge is 0.354 e. The van der Waals surface area contributed by atoms with E-state index in [1.54, 1.807) is 0 Å². The number of rotatable bonds is 5. The van der Waals surface area contributed by atoms with Gasteiger partial charge in [-0.3, -0.25) is 9.67 Å². The highest BCUT2D eigenvalue weighted by molar-refractivity contribution is 14.1. The molecule has 0 aliphatic carbocycles. The van der Waals surface area contributed by atoms with Gasteiger partial charge in [-0.25, -0.2) is 0 Å². The lowest BCUT2D eigenvalue weighted by Crippen LogP contribution is -2.41. The summed E-state index contributed by atoms with van der Waals surface area (Å²) in [5.41, 5.74) is 1.94. The first-order chi connectivity index (χ1) is 10.5. The van der Waals surface area contributed by atoms with Crippen LogP contribution in [0.25, 0.3) is 10.9 Å². The molecule has 1 saturated heterocycles. The second-order valence-electron chi connectivity index (χ2n) is 6.56. The molecule has 2 aromatic heterocycles. The smallest absolute Gasteiger partial charge is 0.160 e. The number of nitrogens with zero attached hydrogens (tertiary/aromatic N) is 4. The maximum atomic E-state index is 5.69. The Hall–Kier alpha value is -0.890. The molecule has 1 atom stereocenters. The first-order valence-electron chi connectivity index (χ1n) is 7.87. The molecule has 0 N–H and O–H groups in total. The molecule has 2 aromatic rings. The summed E-state index contributed by atoms with van der Waals surface area (Å²) in [6.45, 7) is 10.7. The molecule has 6 heteroatoms. The van der Waals surface area contributed by atoms with Crippen LogP contribution in [-0.2, 0) is 8.61 Å². The molecule has 0 saturated carbocycles. The molecule has 0 radical (unpaired) electrons. The Bertz CT molecular complexity index is 674. The lowest BCUT2D eigenvalue weighted by atomic mass is 9.95. The van der Waals surface area contributed by atoms with Crippen molar-refractivity contribution in [3.05, 3.63) is 18.0 Å². The Kier molecular flexibility index (Phi) is 4.33. The van der Waals surface area contributed by atoms with Gasteiger partial charge in [0.05, 0.1) is 22.5 Å². The summed E-state index contributed by atoms with van der Waals surface area (Å²) in [5.74, 6) is 1.06. The van der Waals surface area contributed by atoms with Crippen molar-refractivity contribution in [1.82, 2.24) is 14.8 Å². The van der Waals surface area contributed by atoms with Crippen LogP contribution in [0.4, 0.5) is 5.82 Å². The molecule has 0 bridgehead atoms. The molecule has 22 heavy (non-hydrogen) atoms. The highest BCUT2D eigenvalue weighted by Crippen LogP contribution is 2.35. The zero-order chi connectivity index (χ0) is 15.9. The third kappa shape index (κ3) is 2.50. The topological polar surface area (TPSA) is 43.2 Å². The van der Waals surface area contributed by atoms with Gasteiger partial charge >= 0.3 is 0 Å². The standard InChI is InChI=1S/C16H23IN4O/c1-5-14(22-17)16(3,4)21-13-9-11(2)18-10-12(13)15(19-21)20-7-6-8-20/h9-10,14H,5-8H2,1-4H3. The van der Waals surface area contributed by atoms with Crippen LogP contribution in [-0.4, -0.2) is 34.0 Å². The number of anilines is 1. The zero-order valence-electron chi connectivity index (χ0n) is 13.6. The van der Waals surface area contributed by atoms with Gasteiger partial charge < -0.3 is 7.97 Å². The molecule has 0 amide bonds. The average molecular weight is 414 g/mol. The van der Waals surface area contributed by atoms with Gasteiger partial charge in [0.25, 0.3) is 0 Å². The quantitative estimate of drug-likeness (QED) is 0.698. The molecule has 1 unspecified atom stereocenters. The summed E-state index contributed by atoms with van der Waals surface area (Å²) in [7, 11) is 0. The van der Waals surface area contributed by atoms with Crippen LogP contribution in [0.3, 0.4) is 0 Å². The number of halogens is 1. The van der Waals surface area contributed by atoms with Gasteiger partial charge in [-0.05, 0) is 39.7 Å². The van der Waals surface area contributed by atoms with Crippen molar-refractivity contribution in [3.8, 4) is 0 Å². The van der Waals surface area contributed by atoms with E-state index in [0.717, 1.165) is 41.9 Å². The molecule has 3 heterocycles. The maximum Gasteiger partial charge on any atom is 0.160 e. The van der Waals surface area contributed by atoms with Crippen molar-refractivity contribution in [2.24, 2.45) is 0 Å². The number of pyridine rings is 1. The van der Waals surface area contributed by atoms with Crippen molar-refractivity contribution < 1.29 is 3.07 Å². The van der Waals surface area contributed by atoms with Crippen molar-refractivity contribution in [1.29, 1.82) is 0 Å².